The first kappa shape index (κ1) is 9.97. The molecule has 3 nitrogen and oxygen atoms in total. The number of rotatable bonds is 4. The van der Waals surface area contributed by atoms with Crippen LogP contribution in [0.2, 0.25) is 0 Å². The van der Waals surface area contributed by atoms with E-state index >= 15 is 0 Å². The Kier molecular flexibility index (Phi) is 2.86. The Balaban J connectivity index is 1.92. The molecular formula is C12H15N3. The van der Waals surface area contributed by atoms with Crippen LogP contribution in [0, 0.1) is 17.2 Å². The second-order valence-corrected chi connectivity index (χ2v) is 4.06. The van der Waals surface area contributed by atoms with Crippen molar-refractivity contribution in [2.24, 2.45) is 5.92 Å². The first-order chi connectivity index (χ1) is 7.33. The molecule has 1 aliphatic carbocycles. The molecule has 0 saturated heterocycles. The van der Waals surface area contributed by atoms with Gasteiger partial charge in [0.2, 0.25) is 0 Å². The molecule has 1 aromatic rings. The van der Waals surface area contributed by atoms with Crippen LogP contribution in [0.5, 0.6) is 0 Å². The van der Waals surface area contributed by atoms with Gasteiger partial charge in [0.1, 0.15) is 17.6 Å². The normalized spacial score (nSPS) is 23.2. The van der Waals surface area contributed by atoms with E-state index in [4.69, 9.17) is 5.26 Å². The van der Waals surface area contributed by atoms with Gasteiger partial charge in [-0.3, -0.25) is 0 Å². The maximum atomic E-state index is 8.71. The van der Waals surface area contributed by atoms with Crippen molar-refractivity contribution in [3.05, 3.63) is 23.9 Å². The number of hydrogen-bond acceptors (Lipinski definition) is 3. The molecule has 0 spiro atoms. The average Bonchev–Trinajstić information content (AvgIpc) is 2.97. The Bertz CT molecular complexity index is 381. The van der Waals surface area contributed by atoms with Crippen molar-refractivity contribution in [2.45, 2.75) is 32.2 Å². The van der Waals surface area contributed by atoms with Gasteiger partial charge in [0.05, 0.1) is 0 Å². The Morgan fingerprint density at radius 3 is 3.20 bits per heavy atom. The molecule has 1 saturated carbocycles. The van der Waals surface area contributed by atoms with Crippen molar-refractivity contribution in [1.82, 2.24) is 4.98 Å². The smallest absolute Gasteiger partial charge is 0.142 e. The van der Waals surface area contributed by atoms with Gasteiger partial charge in [0.15, 0.2) is 0 Å². The van der Waals surface area contributed by atoms with Crippen LogP contribution in [0.4, 0.5) is 5.82 Å². The van der Waals surface area contributed by atoms with Crippen molar-refractivity contribution in [3.8, 4) is 6.07 Å². The van der Waals surface area contributed by atoms with Gasteiger partial charge >= 0.3 is 0 Å². The second kappa shape index (κ2) is 4.31. The molecular weight excluding hydrogens is 186 g/mol. The quantitative estimate of drug-likeness (QED) is 0.814. The number of anilines is 1. The van der Waals surface area contributed by atoms with Crippen LogP contribution in [0.1, 0.15) is 31.9 Å². The van der Waals surface area contributed by atoms with E-state index in [0.29, 0.717) is 11.7 Å². The highest BCUT2D eigenvalue weighted by Crippen LogP contribution is 2.36. The molecule has 3 heteroatoms. The summed E-state index contributed by atoms with van der Waals surface area (Å²) < 4.78 is 0. The Labute approximate surface area is 90.1 Å². The van der Waals surface area contributed by atoms with Gasteiger partial charge in [-0.25, -0.2) is 4.98 Å². The fourth-order valence-corrected chi connectivity index (χ4v) is 1.88. The predicted octanol–water partition coefficient (Wildman–Crippen LogP) is 2.55. The SMILES string of the molecule is CCCC1CC1Nc1cccc(C#N)n1. The first-order valence-electron chi connectivity index (χ1n) is 5.47. The van der Waals surface area contributed by atoms with E-state index in [2.05, 4.69) is 17.2 Å². The number of aromatic nitrogens is 1. The van der Waals surface area contributed by atoms with Gasteiger partial charge in [0, 0.05) is 6.04 Å². The lowest BCUT2D eigenvalue weighted by molar-refractivity contribution is 0.692. The van der Waals surface area contributed by atoms with Crippen molar-refractivity contribution in [3.63, 3.8) is 0 Å². The van der Waals surface area contributed by atoms with Gasteiger partial charge < -0.3 is 5.32 Å². The molecule has 0 aromatic carbocycles. The molecule has 2 atom stereocenters. The molecule has 0 bridgehead atoms. The first-order valence-corrected chi connectivity index (χ1v) is 5.47. The van der Waals surface area contributed by atoms with Crippen molar-refractivity contribution < 1.29 is 0 Å². The molecule has 2 rings (SSSR count). The number of hydrogen-bond donors (Lipinski definition) is 1. The highest BCUT2D eigenvalue weighted by molar-refractivity contribution is 5.40. The van der Waals surface area contributed by atoms with Crippen LogP contribution in [0.25, 0.3) is 0 Å². The summed E-state index contributed by atoms with van der Waals surface area (Å²) in [5.74, 6) is 1.64. The zero-order valence-corrected chi connectivity index (χ0v) is 8.90. The van der Waals surface area contributed by atoms with Gasteiger partial charge in [-0.2, -0.15) is 5.26 Å². The van der Waals surface area contributed by atoms with Crippen molar-refractivity contribution in [2.75, 3.05) is 5.32 Å². The monoisotopic (exact) mass is 201 g/mol. The van der Waals surface area contributed by atoms with Gasteiger partial charge in [0.25, 0.3) is 0 Å². The zero-order valence-electron chi connectivity index (χ0n) is 8.90. The summed E-state index contributed by atoms with van der Waals surface area (Å²) in [6.07, 6.45) is 3.77. The molecule has 1 N–H and O–H groups in total. The van der Waals surface area contributed by atoms with Crippen LogP contribution in [0.15, 0.2) is 18.2 Å². The fraction of sp³-hybridized carbons (Fsp3) is 0.500. The second-order valence-electron chi connectivity index (χ2n) is 4.06. The van der Waals surface area contributed by atoms with Gasteiger partial charge in [-0.05, 0) is 30.9 Å². The zero-order chi connectivity index (χ0) is 10.7. The molecule has 0 aliphatic heterocycles. The number of nitriles is 1. The topological polar surface area (TPSA) is 48.7 Å². The lowest BCUT2D eigenvalue weighted by Gasteiger charge is -2.04. The highest BCUT2D eigenvalue weighted by atomic mass is 15.0. The third-order valence-electron chi connectivity index (χ3n) is 2.78. The summed E-state index contributed by atoms with van der Waals surface area (Å²) in [5, 5.41) is 12.1. The van der Waals surface area contributed by atoms with Crippen molar-refractivity contribution in [1.29, 1.82) is 5.26 Å². The Morgan fingerprint density at radius 1 is 1.60 bits per heavy atom. The number of pyridine rings is 1. The fourth-order valence-electron chi connectivity index (χ4n) is 1.88. The van der Waals surface area contributed by atoms with E-state index in [-0.39, 0.29) is 0 Å². The van der Waals surface area contributed by atoms with Crippen LogP contribution < -0.4 is 5.32 Å². The summed E-state index contributed by atoms with van der Waals surface area (Å²) in [4.78, 5) is 4.19. The summed E-state index contributed by atoms with van der Waals surface area (Å²) in [6, 6.07) is 8.13. The summed E-state index contributed by atoms with van der Waals surface area (Å²) >= 11 is 0. The van der Waals surface area contributed by atoms with Crippen LogP contribution in [-0.4, -0.2) is 11.0 Å². The summed E-state index contributed by atoms with van der Waals surface area (Å²) in [5.41, 5.74) is 0.479. The largest absolute Gasteiger partial charge is 0.367 e. The van der Waals surface area contributed by atoms with Crippen LogP contribution in [-0.2, 0) is 0 Å². The maximum Gasteiger partial charge on any atom is 0.142 e. The lowest BCUT2D eigenvalue weighted by atomic mass is 10.2. The third kappa shape index (κ3) is 2.47. The highest BCUT2D eigenvalue weighted by Gasteiger charge is 2.35. The molecule has 1 aromatic heterocycles. The number of nitrogens with zero attached hydrogens (tertiary/aromatic N) is 2. The maximum absolute atomic E-state index is 8.71. The molecule has 78 valence electrons. The van der Waals surface area contributed by atoms with Gasteiger partial charge in [-0.15, -0.1) is 0 Å². The minimum atomic E-state index is 0.479. The van der Waals surface area contributed by atoms with E-state index < -0.39 is 0 Å². The van der Waals surface area contributed by atoms with E-state index in [9.17, 15) is 0 Å². The summed E-state index contributed by atoms with van der Waals surface area (Å²) in [6.45, 7) is 2.21. The van der Waals surface area contributed by atoms with Crippen LogP contribution in [0.3, 0.4) is 0 Å². The van der Waals surface area contributed by atoms with Crippen LogP contribution >= 0.6 is 0 Å². The Morgan fingerprint density at radius 2 is 2.47 bits per heavy atom. The molecule has 1 heterocycles. The minimum absolute atomic E-state index is 0.479. The van der Waals surface area contributed by atoms with E-state index in [0.717, 1.165) is 11.7 Å². The molecule has 1 aliphatic rings. The van der Waals surface area contributed by atoms with Crippen molar-refractivity contribution >= 4 is 5.82 Å². The molecule has 1 fully saturated rings. The number of nitrogens with one attached hydrogen (secondary N) is 1. The summed E-state index contributed by atoms with van der Waals surface area (Å²) in [7, 11) is 0. The molecule has 2 unspecified atom stereocenters. The van der Waals surface area contributed by atoms with E-state index in [1.165, 1.54) is 19.3 Å². The third-order valence-corrected chi connectivity index (χ3v) is 2.78. The average molecular weight is 201 g/mol. The molecule has 15 heavy (non-hydrogen) atoms. The molecule has 0 radical (unpaired) electrons. The van der Waals surface area contributed by atoms with Gasteiger partial charge in [-0.1, -0.05) is 19.4 Å². The minimum Gasteiger partial charge on any atom is -0.367 e. The lowest BCUT2D eigenvalue weighted by Crippen LogP contribution is -2.06. The Hall–Kier alpha value is -1.56. The van der Waals surface area contributed by atoms with E-state index in [1.807, 2.05) is 18.2 Å². The van der Waals surface area contributed by atoms with E-state index in [1.54, 1.807) is 6.07 Å². The molecule has 0 amide bonds. The predicted molar refractivity (Wildman–Crippen MR) is 59.4 cm³/mol. The standard InChI is InChI=1S/C12H15N3/c1-2-4-9-7-11(9)15-12-6-3-5-10(8-13)14-12/h3,5-6,9,11H,2,4,7H2,1H3,(H,14,15).